The summed E-state index contributed by atoms with van der Waals surface area (Å²) in [5.74, 6) is 0.526. The van der Waals surface area contributed by atoms with E-state index in [0.29, 0.717) is 5.75 Å². The average molecular weight is 467 g/mol. The second-order valence-corrected chi connectivity index (χ2v) is 22.0. The molecule has 1 aromatic carbocycles. The van der Waals surface area contributed by atoms with E-state index >= 15 is 0 Å². The van der Waals surface area contributed by atoms with Crippen molar-refractivity contribution in [2.45, 2.75) is 93.4 Å². The monoisotopic (exact) mass is 468 g/mol. The second kappa shape index (κ2) is 11.4. The fraction of sp³-hybridized carbons (Fsp3) is 0.696. The summed E-state index contributed by atoms with van der Waals surface area (Å²) in [5, 5.41) is 0. The van der Waals surface area contributed by atoms with Crippen LogP contribution in [0.5, 0.6) is 5.75 Å². The number of esters is 1. The molecule has 26 heavy (non-hydrogen) atoms. The Balaban J connectivity index is 3.05. The number of unbranched alkanes of at least 4 members (excludes halogenated alkanes) is 3. The summed E-state index contributed by atoms with van der Waals surface area (Å²) in [4.78, 5) is 12.1. The molecule has 0 unspecified atom stereocenters. The van der Waals surface area contributed by atoms with Crippen LogP contribution in [-0.2, 0) is 4.79 Å². The molecular weight excluding hydrogens is 427 g/mol. The van der Waals surface area contributed by atoms with E-state index in [4.69, 9.17) is 4.74 Å². The van der Waals surface area contributed by atoms with Crippen molar-refractivity contribution in [1.29, 1.82) is 0 Å². The van der Waals surface area contributed by atoms with Gasteiger partial charge in [0, 0.05) is 0 Å². The van der Waals surface area contributed by atoms with Crippen LogP contribution in [0.4, 0.5) is 0 Å². The first-order valence-corrected chi connectivity index (χ1v) is 18.1. The molecule has 0 saturated heterocycles. The summed E-state index contributed by atoms with van der Waals surface area (Å²) in [7, 11) is 0. The molecular formula is C23H40O2Sn. The maximum absolute atomic E-state index is 12.1. The van der Waals surface area contributed by atoms with Gasteiger partial charge < -0.3 is 0 Å². The summed E-state index contributed by atoms with van der Waals surface area (Å²) >= 11 is -2.37. The van der Waals surface area contributed by atoms with Crippen LogP contribution in [0.2, 0.25) is 13.3 Å². The third-order valence-corrected chi connectivity index (χ3v) is 21.0. The van der Waals surface area contributed by atoms with Gasteiger partial charge in [-0.15, -0.1) is 0 Å². The van der Waals surface area contributed by atoms with Gasteiger partial charge >= 0.3 is 166 Å². The fourth-order valence-corrected chi connectivity index (χ4v) is 19.4. The molecule has 0 aliphatic carbocycles. The first-order chi connectivity index (χ1) is 12.3. The Hall–Kier alpha value is -0.511. The van der Waals surface area contributed by atoms with E-state index < -0.39 is 23.8 Å². The zero-order valence-corrected chi connectivity index (χ0v) is 20.8. The molecule has 0 bridgehead atoms. The van der Waals surface area contributed by atoms with Gasteiger partial charge in [0.1, 0.15) is 0 Å². The maximum atomic E-state index is 12.1. The molecule has 0 aliphatic rings. The predicted octanol–water partition coefficient (Wildman–Crippen LogP) is 6.69. The topological polar surface area (TPSA) is 26.3 Å². The molecule has 0 atom stereocenters. The van der Waals surface area contributed by atoms with Crippen molar-refractivity contribution in [2.24, 2.45) is 5.41 Å². The number of hydrogen-bond acceptors (Lipinski definition) is 2. The van der Waals surface area contributed by atoms with Gasteiger partial charge in [0.2, 0.25) is 0 Å². The summed E-state index contributed by atoms with van der Waals surface area (Å²) in [6, 6.07) is 8.66. The number of ether oxygens (including phenoxy) is 1. The molecule has 2 nitrogen and oxygen atoms in total. The number of carbonyl (C=O) groups is 1. The van der Waals surface area contributed by atoms with Crippen LogP contribution in [0, 0.1) is 5.41 Å². The Bertz CT molecular complexity index is 506. The molecule has 1 aromatic rings. The molecule has 0 amide bonds. The molecule has 0 saturated carbocycles. The Kier molecular flexibility index (Phi) is 10.3. The summed E-state index contributed by atoms with van der Waals surface area (Å²) in [6.07, 6.45) is 7.97. The summed E-state index contributed by atoms with van der Waals surface area (Å²) < 4.78 is 11.6. The molecule has 0 radical (unpaired) electrons. The van der Waals surface area contributed by atoms with Crippen LogP contribution in [0.25, 0.3) is 0 Å². The van der Waals surface area contributed by atoms with Crippen LogP contribution in [0.3, 0.4) is 0 Å². The van der Waals surface area contributed by atoms with E-state index in [1.807, 2.05) is 32.9 Å². The SMILES string of the molecule is CCC[CH2][Sn]([CH2]CCC)([CH2]CCC)[c]1ccc(OC(=O)C(C)(C)C)cc1. The normalized spacial score (nSPS) is 12.2. The Morgan fingerprint density at radius 3 is 1.62 bits per heavy atom. The van der Waals surface area contributed by atoms with E-state index in [1.54, 1.807) is 3.58 Å². The molecule has 0 spiro atoms. The van der Waals surface area contributed by atoms with E-state index in [2.05, 4.69) is 32.9 Å². The van der Waals surface area contributed by atoms with Crippen LogP contribution >= 0.6 is 0 Å². The van der Waals surface area contributed by atoms with Crippen molar-refractivity contribution >= 4 is 27.9 Å². The van der Waals surface area contributed by atoms with Gasteiger partial charge in [0.05, 0.1) is 0 Å². The molecule has 0 N–H and O–H groups in total. The third kappa shape index (κ3) is 7.25. The average Bonchev–Trinajstić information content (AvgIpc) is 2.61. The van der Waals surface area contributed by atoms with Crippen molar-refractivity contribution in [3.8, 4) is 5.75 Å². The van der Waals surface area contributed by atoms with Crippen molar-refractivity contribution < 1.29 is 9.53 Å². The third-order valence-electron chi connectivity index (χ3n) is 5.32. The number of rotatable bonds is 11. The number of carbonyl (C=O) groups excluding carboxylic acids is 1. The minimum absolute atomic E-state index is 0.164. The van der Waals surface area contributed by atoms with E-state index in [1.165, 1.54) is 51.8 Å². The van der Waals surface area contributed by atoms with Crippen LogP contribution in [-0.4, -0.2) is 24.3 Å². The van der Waals surface area contributed by atoms with Crippen molar-refractivity contribution in [1.82, 2.24) is 0 Å². The zero-order chi connectivity index (χ0) is 19.6. The Morgan fingerprint density at radius 1 is 0.846 bits per heavy atom. The number of benzene rings is 1. The van der Waals surface area contributed by atoms with Crippen LogP contribution in [0.1, 0.15) is 80.1 Å². The quantitative estimate of drug-likeness (QED) is 0.206. The Labute approximate surface area is 166 Å². The van der Waals surface area contributed by atoms with Crippen LogP contribution in [0.15, 0.2) is 24.3 Å². The van der Waals surface area contributed by atoms with Gasteiger partial charge in [0.25, 0.3) is 0 Å². The predicted molar refractivity (Wildman–Crippen MR) is 116 cm³/mol. The van der Waals surface area contributed by atoms with E-state index in [0.717, 1.165) is 0 Å². The number of hydrogen-bond donors (Lipinski definition) is 0. The first kappa shape index (κ1) is 23.5. The van der Waals surface area contributed by atoms with Crippen LogP contribution < -0.4 is 8.32 Å². The van der Waals surface area contributed by atoms with Crippen molar-refractivity contribution in [2.75, 3.05) is 0 Å². The van der Waals surface area contributed by atoms with Gasteiger partial charge in [-0.2, -0.15) is 0 Å². The molecule has 0 aromatic heterocycles. The summed E-state index contributed by atoms with van der Waals surface area (Å²) in [6.45, 7) is 12.6. The zero-order valence-electron chi connectivity index (χ0n) is 18.0. The molecule has 0 heterocycles. The Morgan fingerprint density at radius 2 is 1.27 bits per heavy atom. The minimum atomic E-state index is -2.37. The van der Waals surface area contributed by atoms with E-state index in [9.17, 15) is 4.79 Å². The van der Waals surface area contributed by atoms with Crippen molar-refractivity contribution in [3.05, 3.63) is 24.3 Å². The summed E-state index contributed by atoms with van der Waals surface area (Å²) in [5.41, 5.74) is -0.467. The molecule has 0 aliphatic heterocycles. The molecule has 3 heteroatoms. The molecule has 148 valence electrons. The van der Waals surface area contributed by atoms with E-state index in [-0.39, 0.29) is 5.97 Å². The first-order valence-electron chi connectivity index (χ1n) is 10.6. The fourth-order valence-electron chi connectivity index (χ4n) is 3.49. The standard InChI is InChI=1S/C11H13O2.3C4H9.Sn/c1-11(2,3)10(12)13-9-7-5-4-6-8-9;3*1-3-4-2;/h5-8H,1-3H3;3*1,3-4H2,2H3;. The van der Waals surface area contributed by atoms with Gasteiger partial charge in [-0.3, -0.25) is 0 Å². The van der Waals surface area contributed by atoms with Gasteiger partial charge in [-0.1, -0.05) is 0 Å². The molecule has 1 rings (SSSR count). The van der Waals surface area contributed by atoms with Gasteiger partial charge in [0.15, 0.2) is 0 Å². The van der Waals surface area contributed by atoms with Gasteiger partial charge in [-0.05, 0) is 0 Å². The van der Waals surface area contributed by atoms with Crippen molar-refractivity contribution in [3.63, 3.8) is 0 Å². The second-order valence-electron chi connectivity index (χ2n) is 8.75. The molecule has 0 fully saturated rings. The van der Waals surface area contributed by atoms with Gasteiger partial charge in [-0.25, -0.2) is 0 Å².